The second-order valence-corrected chi connectivity index (χ2v) is 4.44. The van der Waals surface area contributed by atoms with Gasteiger partial charge in [0, 0.05) is 16.2 Å². The van der Waals surface area contributed by atoms with Gasteiger partial charge in [-0.3, -0.25) is 4.79 Å². The fraction of sp³-hybridized carbons (Fsp3) is 0.444. The van der Waals surface area contributed by atoms with Crippen LogP contribution in [-0.2, 0) is 11.2 Å². The summed E-state index contributed by atoms with van der Waals surface area (Å²) in [5.74, 6) is -0.941. The van der Waals surface area contributed by atoms with Gasteiger partial charge in [0.15, 0.2) is 0 Å². The van der Waals surface area contributed by atoms with E-state index in [-0.39, 0.29) is 0 Å². The second kappa shape index (κ2) is 3.89. The lowest BCUT2D eigenvalue weighted by atomic mass is 10.2. The third-order valence-electron chi connectivity index (χ3n) is 1.96. The van der Waals surface area contributed by atoms with E-state index in [0.717, 1.165) is 4.88 Å². The molecule has 1 atom stereocenters. The molecular weight excluding hydrogens is 186 g/mol. The highest BCUT2D eigenvalue weighted by molar-refractivity contribution is 7.12. The highest BCUT2D eigenvalue weighted by Crippen LogP contribution is 2.21. The SMILES string of the molecule is Cc1cc(C[C@H](N)C(=O)O)sc1C. The number of carboxylic acid groups (broad SMARTS) is 1. The molecule has 0 radical (unpaired) electrons. The second-order valence-electron chi connectivity index (χ2n) is 3.10. The molecule has 0 amide bonds. The molecule has 0 fully saturated rings. The third kappa shape index (κ3) is 2.54. The van der Waals surface area contributed by atoms with Crippen LogP contribution in [0, 0.1) is 13.8 Å². The van der Waals surface area contributed by atoms with Crippen LogP contribution < -0.4 is 5.73 Å². The third-order valence-corrected chi connectivity index (χ3v) is 3.13. The molecule has 0 unspecified atom stereocenters. The topological polar surface area (TPSA) is 63.3 Å². The van der Waals surface area contributed by atoms with E-state index in [4.69, 9.17) is 10.8 Å². The first kappa shape index (κ1) is 10.2. The quantitative estimate of drug-likeness (QED) is 0.771. The van der Waals surface area contributed by atoms with Crippen LogP contribution in [0.15, 0.2) is 6.07 Å². The van der Waals surface area contributed by atoms with Gasteiger partial charge in [0.05, 0.1) is 0 Å². The molecule has 1 aromatic rings. The summed E-state index contributed by atoms with van der Waals surface area (Å²) in [6.45, 7) is 4.04. The number of nitrogens with two attached hydrogens (primary N) is 1. The van der Waals surface area contributed by atoms with Crippen LogP contribution in [0.4, 0.5) is 0 Å². The van der Waals surface area contributed by atoms with Crippen LogP contribution in [0.1, 0.15) is 15.3 Å². The average molecular weight is 199 g/mol. The molecule has 0 aliphatic heterocycles. The largest absolute Gasteiger partial charge is 0.480 e. The summed E-state index contributed by atoms with van der Waals surface area (Å²) in [5, 5.41) is 8.60. The van der Waals surface area contributed by atoms with Crippen molar-refractivity contribution in [3.8, 4) is 0 Å². The standard InChI is InChI=1S/C9H13NO2S/c1-5-3-7(13-6(5)2)4-8(10)9(11)12/h3,8H,4,10H2,1-2H3,(H,11,12)/t8-/m0/s1. The molecule has 0 aliphatic carbocycles. The van der Waals surface area contributed by atoms with Crippen molar-refractivity contribution in [3.05, 3.63) is 21.4 Å². The van der Waals surface area contributed by atoms with Crippen molar-refractivity contribution in [1.82, 2.24) is 0 Å². The first-order chi connectivity index (χ1) is 6.00. The molecular formula is C9H13NO2S. The number of carbonyl (C=O) groups is 1. The molecule has 1 aromatic heterocycles. The summed E-state index contributed by atoms with van der Waals surface area (Å²) < 4.78 is 0. The number of aliphatic carboxylic acids is 1. The number of carboxylic acids is 1. The Bertz CT molecular complexity index is 300. The summed E-state index contributed by atoms with van der Waals surface area (Å²) in [6.07, 6.45) is 0.425. The van der Waals surface area contributed by atoms with Crippen molar-refractivity contribution in [2.45, 2.75) is 26.3 Å². The van der Waals surface area contributed by atoms with E-state index in [1.165, 1.54) is 10.4 Å². The lowest BCUT2D eigenvalue weighted by Crippen LogP contribution is -2.31. The van der Waals surface area contributed by atoms with E-state index in [0.29, 0.717) is 6.42 Å². The monoisotopic (exact) mass is 199 g/mol. The molecule has 1 heterocycles. The summed E-state index contributed by atoms with van der Waals surface area (Å²) in [6, 6.07) is 1.22. The molecule has 4 heteroatoms. The maximum absolute atomic E-state index is 10.5. The molecule has 0 spiro atoms. The van der Waals surface area contributed by atoms with Crippen LogP contribution in [0.25, 0.3) is 0 Å². The Hall–Kier alpha value is -0.870. The van der Waals surface area contributed by atoms with Crippen molar-refractivity contribution >= 4 is 17.3 Å². The van der Waals surface area contributed by atoms with E-state index in [1.54, 1.807) is 11.3 Å². The van der Waals surface area contributed by atoms with Crippen molar-refractivity contribution in [3.63, 3.8) is 0 Å². The number of hydrogen-bond donors (Lipinski definition) is 2. The van der Waals surface area contributed by atoms with E-state index < -0.39 is 12.0 Å². The molecule has 72 valence electrons. The van der Waals surface area contributed by atoms with E-state index in [2.05, 4.69) is 0 Å². The van der Waals surface area contributed by atoms with Gasteiger partial charge >= 0.3 is 5.97 Å². The van der Waals surface area contributed by atoms with Gasteiger partial charge < -0.3 is 10.8 Å². The van der Waals surface area contributed by atoms with Crippen LogP contribution in [0.3, 0.4) is 0 Å². The Morgan fingerprint density at radius 2 is 2.31 bits per heavy atom. The van der Waals surface area contributed by atoms with E-state index in [9.17, 15) is 4.79 Å². The van der Waals surface area contributed by atoms with Gasteiger partial charge in [-0.25, -0.2) is 0 Å². The van der Waals surface area contributed by atoms with Gasteiger partial charge in [-0.2, -0.15) is 0 Å². The Morgan fingerprint density at radius 1 is 1.69 bits per heavy atom. The lowest BCUT2D eigenvalue weighted by molar-refractivity contribution is -0.138. The minimum atomic E-state index is -0.941. The Kier molecular flexibility index (Phi) is 3.06. The molecule has 0 saturated carbocycles. The summed E-state index contributed by atoms with van der Waals surface area (Å²) >= 11 is 1.62. The minimum absolute atomic E-state index is 0.425. The zero-order valence-corrected chi connectivity index (χ0v) is 8.52. The predicted molar refractivity (Wildman–Crippen MR) is 53.1 cm³/mol. The first-order valence-electron chi connectivity index (χ1n) is 4.05. The minimum Gasteiger partial charge on any atom is -0.480 e. The summed E-state index contributed by atoms with van der Waals surface area (Å²) in [5.41, 5.74) is 6.62. The van der Waals surface area contributed by atoms with Gasteiger partial charge in [0.2, 0.25) is 0 Å². The Morgan fingerprint density at radius 3 is 2.69 bits per heavy atom. The maximum atomic E-state index is 10.5. The molecule has 0 aromatic carbocycles. The number of thiophene rings is 1. The molecule has 0 bridgehead atoms. The summed E-state index contributed by atoms with van der Waals surface area (Å²) in [4.78, 5) is 12.8. The van der Waals surface area contributed by atoms with Crippen molar-refractivity contribution < 1.29 is 9.90 Å². The fourth-order valence-corrected chi connectivity index (χ4v) is 2.17. The zero-order chi connectivity index (χ0) is 10.0. The van der Waals surface area contributed by atoms with Gasteiger partial charge in [-0.05, 0) is 25.5 Å². The first-order valence-corrected chi connectivity index (χ1v) is 4.86. The molecule has 13 heavy (non-hydrogen) atoms. The molecule has 0 saturated heterocycles. The van der Waals surface area contributed by atoms with Crippen LogP contribution in [0.2, 0.25) is 0 Å². The van der Waals surface area contributed by atoms with Gasteiger partial charge in [0.25, 0.3) is 0 Å². The van der Waals surface area contributed by atoms with Crippen molar-refractivity contribution in [1.29, 1.82) is 0 Å². The lowest BCUT2D eigenvalue weighted by Gasteiger charge is -2.02. The molecule has 0 aliphatic rings. The van der Waals surface area contributed by atoms with Gasteiger partial charge in [-0.15, -0.1) is 11.3 Å². The highest BCUT2D eigenvalue weighted by Gasteiger charge is 2.13. The smallest absolute Gasteiger partial charge is 0.320 e. The normalized spacial score (nSPS) is 12.8. The van der Waals surface area contributed by atoms with E-state index in [1.807, 2.05) is 19.9 Å². The Balaban J connectivity index is 2.69. The number of rotatable bonds is 3. The molecule has 3 nitrogen and oxygen atoms in total. The summed E-state index contributed by atoms with van der Waals surface area (Å²) in [7, 11) is 0. The van der Waals surface area contributed by atoms with Gasteiger partial charge in [-0.1, -0.05) is 0 Å². The number of aryl methyl sites for hydroxylation is 2. The van der Waals surface area contributed by atoms with Crippen LogP contribution in [-0.4, -0.2) is 17.1 Å². The van der Waals surface area contributed by atoms with Crippen LogP contribution >= 0.6 is 11.3 Å². The zero-order valence-electron chi connectivity index (χ0n) is 7.70. The average Bonchev–Trinajstić information content (AvgIpc) is 2.31. The van der Waals surface area contributed by atoms with Gasteiger partial charge in [0.1, 0.15) is 6.04 Å². The maximum Gasteiger partial charge on any atom is 0.320 e. The fourth-order valence-electron chi connectivity index (χ4n) is 1.05. The van der Waals surface area contributed by atoms with Crippen LogP contribution in [0.5, 0.6) is 0 Å². The predicted octanol–water partition coefficient (Wildman–Crippen LogP) is 1.32. The van der Waals surface area contributed by atoms with Crippen molar-refractivity contribution in [2.75, 3.05) is 0 Å². The highest BCUT2D eigenvalue weighted by atomic mass is 32.1. The molecule has 1 rings (SSSR count). The Labute approximate surface area is 81.2 Å². The van der Waals surface area contributed by atoms with Crippen molar-refractivity contribution in [2.24, 2.45) is 5.73 Å². The molecule has 3 N–H and O–H groups in total. The number of hydrogen-bond acceptors (Lipinski definition) is 3. The van der Waals surface area contributed by atoms with E-state index >= 15 is 0 Å².